The molecule has 4 nitrogen and oxygen atoms in total. The Bertz CT molecular complexity index is 939. The maximum Gasteiger partial charge on any atom is 0.356 e. The van der Waals surface area contributed by atoms with Gasteiger partial charge in [-0.3, -0.25) is 4.68 Å². The highest BCUT2D eigenvalue weighted by atomic mass is 35.5. The highest BCUT2D eigenvalue weighted by Crippen LogP contribution is 2.25. The molecule has 134 valence electrons. The summed E-state index contributed by atoms with van der Waals surface area (Å²) < 4.78 is 19.8. The van der Waals surface area contributed by atoms with E-state index in [1.54, 1.807) is 43.3 Å². The fraction of sp³-hybridized carbons (Fsp3) is 0.158. The maximum absolute atomic E-state index is 13.2. The van der Waals surface area contributed by atoms with E-state index >= 15 is 0 Å². The van der Waals surface area contributed by atoms with Gasteiger partial charge in [0.2, 0.25) is 0 Å². The first-order chi connectivity index (χ1) is 12.5. The molecule has 0 N–H and O–H groups in total. The average Bonchev–Trinajstić information content (AvgIpc) is 3.02. The molecule has 0 atom stereocenters. The fourth-order valence-electron chi connectivity index (χ4n) is 2.48. The number of ether oxygens (including phenoxy) is 1. The zero-order valence-corrected chi connectivity index (χ0v) is 15.4. The van der Waals surface area contributed by atoms with E-state index < -0.39 is 5.97 Å². The molecule has 0 saturated carbocycles. The molecule has 0 aliphatic heterocycles. The van der Waals surface area contributed by atoms with Crippen molar-refractivity contribution in [2.75, 3.05) is 6.61 Å². The number of rotatable bonds is 5. The van der Waals surface area contributed by atoms with Crippen LogP contribution in [0, 0.1) is 5.82 Å². The fourth-order valence-corrected chi connectivity index (χ4v) is 2.95. The molecule has 26 heavy (non-hydrogen) atoms. The summed E-state index contributed by atoms with van der Waals surface area (Å²) in [6, 6.07) is 12.6. The van der Waals surface area contributed by atoms with Gasteiger partial charge < -0.3 is 4.74 Å². The van der Waals surface area contributed by atoms with E-state index in [2.05, 4.69) is 5.10 Å². The normalized spacial score (nSPS) is 10.8. The molecular formula is C19H15Cl2FN2O2. The first-order valence-corrected chi connectivity index (χ1v) is 8.68. The van der Waals surface area contributed by atoms with E-state index in [9.17, 15) is 9.18 Å². The molecule has 0 saturated heterocycles. The summed E-state index contributed by atoms with van der Waals surface area (Å²) in [5.41, 5.74) is 2.28. The molecule has 0 amide bonds. The van der Waals surface area contributed by atoms with Gasteiger partial charge in [-0.1, -0.05) is 29.3 Å². The predicted octanol–water partition coefficient (Wildman–Crippen LogP) is 5.22. The number of carbonyl (C=O) groups excluding carboxylic acids is 1. The van der Waals surface area contributed by atoms with Crippen molar-refractivity contribution in [3.8, 4) is 11.3 Å². The van der Waals surface area contributed by atoms with Gasteiger partial charge in [0.25, 0.3) is 0 Å². The Hall–Kier alpha value is -2.37. The van der Waals surface area contributed by atoms with Gasteiger partial charge in [0.15, 0.2) is 0 Å². The van der Waals surface area contributed by atoms with Gasteiger partial charge >= 0.3 is 5.97 Å². The third-order valence-corrected chi connectivity index (χ3v) is 4.33. The standard InChI is InChI=1S/C19H15Cl2FN2O2/c1-2-26-19(25)18-10-17(12-4-7-15(22)8-5-12)23-24(18)11-13-3-6-14(20)9-16(13)21/h3-10H,2,11H2,1H3. The van der Waals surface area contributed by atoms with Gasteiger partial charge in [-0.25, -0.2) is 9.18 Å². The van der Waals surface area contributed by atoms with Crippen LogP contribution in [0.15, 0.2) is 48.5 Å². The summed E-state index contributed by atoms with van der Waals surface area (Å²) in [5, 5.41) is 5.48. The quantitative estimate of drug-likeness (QED) is 0.559. The van der Waals surface area contributed by atoms with Crippen molar-refractivity contribution in [2.45, 2.75) is 13.5 Å². The molecule has 0 aliphatic rings. The molecular weight excluding hydrogens is 378 g/mol. The highest BCUT2D eigenvalue weighted by molar-refractivity contribution is 6.35. The number of halogens is 3. The maximum atomic E-state index is 13.2. The summed E-state index contributed by atoms with van der Waals surface area (Å²) >= 11 is 12.2. The first kappa shape index (κ1) is 18.4. The second-order valence-electron chi connectivity index (χ2n) is 5.54. The Morgan fingerprint density at radius 1 is 1.15 bits per heavy atom. The largest absolute Gasteiger partial charge is 0.461 e. The minimum atomic E-state index is -0.488. The molecule has 3 aromatic rings. The van der Waals surface area contributed by atoms with Crippen molar-refractivity contribution in [1.29, 1.82) is 0 Å². The lowest BCUT2D eigenvalue weighted by Gasteiger charge is -2.08. The van der Waals surface area contributed by atoms with Gasteiger partial charge in [-0.15, -0.1) is 0 Å². The summed E-state index contributed by atoms with van der Waals surface area (Å²) in [4.78, 5) is 12.3. The van der Waals surface area contributed by atoms with E-state index in [1.165, 1.54) is 16.8 Å². The van der Waals surface area contributed by atoms with Gasteiger partial charge in [-0.2, -0.15) is 5.10 Å². The molecule has 0 fully saturated rings. The lowest BCUT2D eigenvalue weighted by atomic mass is 10.1. The Kier molecular flexibility index (Phi) is 5.59. The molecule has 7 heteroatoms. The molecule has 2 aromatic carbocycles. The third kappa shape index (κ3) is 4.06. The van der Waals surface area contributed by atoms with E-state index in [1.807, 2.05) is 0 Å². The van der Waals surface area contributed by atoms with E-state index in [-0.39, 0.29) is 24.7 Å². The number of benzene rings is 2. The molecule has 0 unspecified atom stereocenters. The number of nitrogens with zero attached hydrogens (tertiary/aromatic N) is 2. The summed E-state index contributed by atoms with van der Waals surface area (Å²) in [6.45, 7) is 2.25. The molecule has 0 aliphatic carbocycles. The van der Waals surface area contributed by atoms with E-state index in [0.717, 1.165) is 5.56 Å². The van der Waals surface area contributed by atoms with Crippen LogP contribution in [-0.2, 0) is 11.3 Å². The lowest BCUT2D eigenvalue weighted by molar-refractivity contribution is 0.0512. The van der Waals surface area contributed by atoms with Crippen LogP contribution in [0.4, 0.5) is 4.39 Å². The topological polar surface area (TPSA) is 44.1 Å². The summed E-state index contributed by atoms with van der Waals surface area (Å²) in [5.74, 6) is -0.829. The van der Waals surface area contributed by atoms with Crippen molar-refractivity contribution < 1.29 is 13.9 Å². The second kappa shape index (κ2) is 7.89. The smallest absolute Gasteiger partial charge is 0.356 e. The van der Waals surface area contributed by atoms with Crippen LogP contribution < -0.4 is 0 Å². The second-order valence-corrected chi connectivity index (χ2v) is 6.38. The number of carbonyl (C=O) groups is 1. The van der Waals surface area contributed by atoms with Crippen LogP contribution >= 0.6 is 23.2 Å². The molecule has 0 radical (unpaired) electrons. The van der Waals surface area contributed by atoms with E-state index in [4.69, 9.17) is 27.9 Å². The Morgan fingerprint density at radius 2 is 1.88 bits per heavy atom. The molecule has 0 bridgehead atoms. The monoisotopic (exact) mass is 392 g/mol. The average molecular weight is 393 g/mol. The van der Waals surface area contributed by atoms with Gasteiger partial charge in [0.1, 0.15) is 11.5 Å². The van der Waals surface area contributed by atoms with Crippen LogP contribution in [-0.4, -0.2) is 22.4 Å². The minimum absolute atomic E-state index is 0.248. The van der Waals surface area contributed by atoms with Gasteiger partial charge in [-0.05, 0) is 55.0 Å². The highest BCUT2D eigenvalue weighted by Gasteiger charge is 2.18. The van der Waals surface area contributed by atoms with E-state index in [0.29, 0.717) is 21.3 Å². The van der Waals surface area contributed by atoms with Crippen molar-refractivity contribution in [1.82, 2.24) is 9.78 Å². The van der Waals surface area contributed by atoms with Crippen LogP contribution in [0.3, 0.4) is 0 Å². The number of hydrogen-bond donors (Lipinski definition) is 0. The molecule has 3 rings (SSSR count). The zero-order chi connectivity index (χ0) is 18.7. The Morgan fingerprint density at radius 3 is 2.54 bits per heavy atom. The molecule has 1 heterocycles. The van der Waals surface area contributed by atoms with Crippen LogP contribution in [0.2, 0.25) is 10.0 Å². The third-order valence-electron chi connectivity index (χ3n) is 3.74. The zero-order valence-electron chi connectivity index (χ0n) is 13.9. The molecule has 1 aromatic heterocycles. The predicted molar refractivity (Wildman–Crippen MR) is 99.1 cm³/mol. The number of hydrogen-bond acceptors (Lipinski definition) is 3. The number of aromatic nitrogens is 2. The Balaban J connectivity index is 2.01. The Labute approximate surface area is 160 Å². The minimum Gasteiger partial charge on any atom is -0.461 e. The van der Waals surface area contributed by atoms with Crippen molar-refractivity contribution >= 4 is 29.2 Å². The van der Waals surface area contributed by atoms with Crippen LogP contribution in [0.5, 0.6) is 0 Å². The van der Waals surface area contributed by atoms with Crippen molar-refractivity contribution in [3.05, 3.63) is 75.7 Å². The number of esters is 1. The van der Waals surface area contributed by atoms with Crippen molar-refractivity contribution in [2.24, 2.45) is 0 Å². The summed E-state index contributed by atoms with van der Waals surface area (Å²) in [6.07, 6.45) is 0. The van der Waals surface area contributed by atoms with Crippen molar-refractivity contribution in [3.63, 3.8) is 0 Å². The van der Waals surface area contributed by atoms with Crippen LogP contribution in [0.1, 0.15) is 23.0 Å². The lowest BCUT2D eigenvalue weighted by Crippen LogP contribution is -2.14. The molecule has 0 spiro atoms. The van der Waals surface area contributed by atoms with Gasteiger partial charge in [0.05, 0.1) is 18.8 Å². The van der Waals surface area contributed by atoms with Gasteiger partial charge in [0, 0.05) is 15.6 Å². The van der Waals surface area contributed by atoms with Crippen LogP contribution in [0.25, 0.3) is 11.3 Å². The summed E-state index contributed by atoms with van der Waals surface area (Å²) in [7, 11) is 0. The SMILES string of the molecule is CCOC(=O)c1cc(-c2ccc(F)cc2)nn1Cc1ccc(Cl)cc1Cl. The first-order valence-electron chi connectivity index (χ1n) is 7.92.